The van der Waals surface area contributed by atoms with Gasteiger partial charge in [-0.05, 0) is 40.6 Å². The van der Waals surface area contributed by atoms with Gasteiger partial charge in [0.15, 0.2) is 0 Å². The van der Waals surface area contributed by atoms with Crippen molar-refractivity contribution in [3.8, 4) is 10.4 Å². The summed E-state index contributed by atoms with van der Waals surface area (Å²) in [5, 5.41) is 7.79. The summed E-state index contributed by atoms with van der Waals surface area (Å²) in [4.78, 5) is 2.58. The summed E-state index contributed by atoms with van der Waals surface area (Å²) >= 11 is 9.27. The van der Waals surface area contributed by atoms with Crippen LogP contribution < -0.4 is 5.32 Å². The topological polar surface area (TPSA) is 12.0 Å². The molecular formula is C16H13ClFNS2. The molecule has 1 aromatic carbocycles. The van der Waals surface area contributed by atoms with E-state index in [0.717, 1.165) is 12.1 Å². The van der Waals surface area contributed by atoms with E-state index in [4.69, 9.17) is 11.6 Å². The largest absolute Gasteiger partial charge is 0.308 e. The molecule has 21 heavy (non-hydrogen) atoms. The first-order valence-electron chi connectivity index (χ1n) is 6.48. The molecule has 2 aromatic heterocycles. The SMILES string of the molecule is Fc1ccc(CNCc2cc(-c3cccs3)cs2)cc1Cl. The average Bonchev–Trinajstić information content (AvgIpc) is 3.13. The Balaban J connectivity index is 1.57. The monoisotopic (exact) mass is 337 g/mol. The summed E-state index contributed by atoms with van der Waals surface area (Å²) in [7, 11) is 0. The first kappa shape index (κ1) is 14.7. The fourth-order valence-corrected chi connectivity index (χ4v) is 3.87. The normalized spacial score (nSPS) is 11.0. The first-order chi connectivity index (χ1) is 10.2. The quantitative estimate of drug-likeness (QED) is 0.642. The predicted octanol–water partition coefficient (Wildman–Crippen LogP) is 5.56. The Morgan fingerprint density at radius 1 is 1.10 bits per heavy atom. The molecule has 0 saturated carbocycles. The van der Waals surface area contributed by atoms with Crippen molar-refractivity contribution in [1.82, 2.24) is 5.32 Å². The molecule has 0 atom stereocenters. The smallest absolute Gasteiger partial charge is 0.141 e. The second-order valence-corrected chi connectivity index (χ2v) is 6.98. The van der Waals surface area contributed by atoms with Gasteiger partial charge in [0, 0.05) is 28.4 Å². The number of hydrogen-bond donors (Lipinski definition) is 1. The van der Waals surface area contributed by atoms with Gasteiger partial charge in [0.2, 0.25) is 0 Å². The molecule has 108 valence electrons. The van der Waals surface area contributed by atoms with E-state index in [1.54, 1.807) is 34.8 Å². The molecule has 0 aliphatic carbocycles. The molecule has 2 heterocycles. The third kappa shape index (κ3) is 3.71. The second kappa shape index (κ2) is 6.71. The maximum absolute atomic E-state index is 13.1. The van der Waals surface area contributed by atoms with Crippen LogP contribution in [0.25, 0.3) is 10.4 Å². The zero-order chi connectivity index (χ0) is 14.7. The zero-order valence-corrected chi connectivity index (χ0v) is 13.5. The van der Waals surface area contributed by atoms with Gasteiger partial charge in [0.05, 0.1) is 5.02 Å². The number of thiophene rings is 2. The van der Waals surface area contributed by atoms with Crippen LogP contribution in [0.15, 0.2) is 47.2 Å². The van der Waals surface area contributed by atoms with Gasteiger partial charge in [-0.1, -0.05) is 23.7 Å². The van der Waals surface area contributed by atoms with E-state index in [9.17, 15) is 4.39 Å². The highest BCUT2D eigenvalue weighted by Crippen LogP contribution is 2.29. The van der Waals surface area contributed by atoms with Gasteiger partial charge in [-0.15, -0.1) is 22.7 Å². The van der Waals surface area contributed by atoms with Gasteiger partial charge >= 0.3 is 0 Å². The molecule has 1 nitrogen and oxygen atoms in total. The van der Waals surface area contributed by atoms with Crippen LogP contribution in [-0.2, 0) is 13.1 Å². The van der Waals surface area contributed by atoms with Crippen LogP contribution in [0.1, 0.15) is 10.4 Å². The molecule has 0 amide bonds. The molecule has 0 bridgehead atoms. The van der Waals surface area contributed by atoms with Gasteiger partial charge in [0.25, 0.3) is 0 Å². The van der Waals surface area contributed by atoms with E-state index < -0.39 is 0 Å². The van der Waals surface area contributed by atoms with Gasteiger partial charge in [-0.2, -0.15) is 0 Å². The minimum absolute atomic E-state index is 0.172. The van der Waals surface area contributed by atoms with Gasteiger partial charge in [-0.3, -0.25) is 0 Å². The molecule has 0 saturated heterocycles. The molecule has 3 rings (SSSR count). The molecule has 0 radical (unpaired) electrons. The summed E-state index contributed by atoms with van der Waals surface area (Å²) in [6.45, 7) is 1.47. The molecule has 3 aromatic rings. The highest BCUT2D eigenvalue weighted by Gasteiger charge is 2.04. The molecule has 0 fully saturated rings. The van der Waals surface area contributed by atoms with E-state index in [-0.39, 0.29) is 10.8 Å². The number of rotatable bonds is 5. The van der Waals surface area contributed by atoms with Crippen molar-refractivity contribution in [2.75, 3.05) is 0 Å². The Hall–Kier alpha value is -1.20. The summed E-state index contributed by atoms with van der Waals surface area (Å²) in [5.41, 5.74) is 2.26. The Morgan fingerprint density at radius 2 is 2.00 bits per heavy atom. The molecule has 1 N–H and O–H groups in total. The zero-order valence-electron chi connectivity index (χ0n) is 11.1. The van der Waals surface area contributed by atoms with Crippen LogP contribution in [0, 0.1) is 5.82 Å². The van der Waals surface area contributed by atoms with Crippen LogP contribution >= 0.6 is 34.3 Å². The van der Waals surface area contributed by atoms with Crippen LogP contribution in [0.3, 0.4) is 0 Å². The molecule has 0 aliphatic rings. The van der Waals surface area contributed by atoms with Crippen LogP contribution in [0.5, 0.6) is 0 Å². The van der Waals surface area contributed by atoms with E-state index in [1.807, 2.05) is 0 Å². The minimum Gasteiger partial charge on any atom is -0.308 e. The number of hydrogen-bond acceptors (Lipinski definition) is 3. The molecule has 0 unspecified atom stereocenters. The molecule has 5 heteroatoms. The van der Waals surface area contributed by atoms with Crippen molar-refractivity contribution in [3.05, 3.63) is 68.4 Å². The lowest BCUT2D eigenvalue weighted by molar-refractivity contribution is 0.625. The summed E-state index contributed by atoms with van der Waals surface area (Å²) in [5.74, 6) is -0.376. The third-order valence-electron chi connectivity index (χ3n) is 3.07. The second-order valence-electron chi connectivity index (χ2n) is 4.63. The lowest BCUT2D eigenvalue weighted by Gasteiger charge is -2.04. The van der Waals surface area contributed by atoms with Gasteiger partial charge in [0.1, 0.15) is 5.82 Å². The van der Waals surface area contributed by atoms with E-state index in [1.165, 1.54) is 21.4 Å². The van der Waals surface area contributed by atoms with Crippen molar-refractivity contribution < 1.29 is 4.39 Å². The summed E-state index contributed by atoms with van der Waals surface area (Å²) < 4.78 is 13.1. The van der Waals surface area contributed by atoms with E-state index in [0.29, 0.717) is 6.54 Å². The fraction of sp³-hybridized carbons (Fsp3) is 0.125. The van der Waals surface area contributed by atoms with E-state index >= 15 is 0 Å². The molecular weight excluding hydrogens is 325 g/mol. The maximum Gasteiger partial charge on any atom is 0.141 e. The standard InChI is InChI=1S/C16H13ClFNS2/c17-14-6-11(3-4-15(14)18)8-19-9-13-7-12(10-21-13)16-2-1-5-20-16/h1-7,10,19H,8-9H2. The summed E-state index contributed by atoms with van der Waals surface area (Å²) in [6.07, 6.45) is 0. The van der Waals surface area contributed by atoms with Crippen molar-refractivity contribution in [1.29, 1.82) is 0 Å². The highest BCUT2D eigenvalue weighted by molar-refractivity contribution is 7.14. The predicted molar refractivity (Wildman–Crippen MR) is 89.6 cm³/mol. The number of benzene rings is 1. The van der Waals surface area contributed by atoms with Gasteiger partial charge in [-0.25, -0.2) is 4.39 Å². The van der Waals surface area contributed by atoms with Crippen molar-refractivity contribution >= 4 is 34.3 Å². The summed E-state index contributed by atoms with van der Waals surface area (Å²) in [6, 6.07) is 11.2. The molecule has 0 spiro atoms. The Labute approximate surface area is 136 Å². The van der Waals surface area contributed by atoms with Crippen molar-refractivity contribution in [3.63, 3.8) is 0 Å². The van der Waals surface area contributed by atoms with Crippen molar-refractivity contribution in [2.45, 2.75) is 13.1 Å². The lowest BCUT2D eigenvalue weighted by Crippen LogP contribution is -2.11. The van der Waals surface area contributed by atoms with Crippen LogP contribution in [0.4, 0.5) is 4.39 Å². The van der Waals surface area contributed by atoms with Gasteiger partial charge < -0.3 is 5.32 Å². The Bertz CT molecular complexity index is 722. The molecule has 0 aliphatic heterocycles. The van der Waals surface area contributed by atoms with Crippen LogP contribution in [0.2, 0.25) is 5.02 Å². The fourth-order valence-electron chi connectivity index (χ4n) is 2.03. The average molecular weight is 338 g/mol. The number of halogens is 2. The Morgan fingerprint density at radius 3 is 2.76 bits per heavy atom. The number of nitrogens with one attached hydrogen (secondary N) is 1. The minimum atomic E-state index is -0.376. The highest BCUT2D eigenvalue weighted by atomic mass is 35.5. The lowest BCUT2D eigenvalue weighted by atomic mass is 10.2. The maximum atomic E-state index is 13.1. The van der Waals surface area contributed by atoms with Crippen LogP contribution in [-0.4, -0.2) is 0 Å². The van der Waals surface area contributed by atoms with E-state index in [2.05, 4.69) is 34.3 Å². The van der Waals surface area contributed by atoms with Crippen molar-refractivity contribution in [2.24, 2.45) is 0 Å². The Kier molecular flexibility index (Phi) is 4.70. The third-order valence-corrected chi connectivity index (χ3v) is 5.22. The first-order valence-corrected chi connectivity index (χ1v) is 8.62.